The highest BCUT2D eigenvalue weighted by molar-refractivity contribution is 5.94. The van der Waals surface area contributed by atoms with Crippen LogP contribution >= 0.6 is 0 Å². The standard InChI is InChI=1S/2C36H38O14.C34H34O14/c2*1-3-29(37)43-19-7-5-6-9-31(39)47-25-15-11-23(12-16-25)35(41)49-27-21-45-34-28(22-46-33(27)34)50-36(42)24-13-17-26(18-14-24)48-32(40)10-8-20-44-30(38)4-2;1-3-27(35)41-17-5-7-29(37)45-23-13-9-21(10-14-23)33(39)47-25-19-43-32-26(20-44-31(25)32)48-34(40)22-11-15-24(16-12-22)46-30(38)8-6-18-42-28(36)4-2/h2*3-4,11-18,27-28,33-34H,1-2,5-10,19-22H2;3-4,9-16,25-26,31-32H,1-2,5-8,17-20H2/t27-,28+,33+,34+;27-,28+,33-,34-;25-,26+,31-,32-/m011/s1. The number of hydrogen-bond acceptors (Lipinski definition) is 42. The second kappa shape index (κ2) is 60.0. The fourth-order valence-electron chi connectivity index (χ4n) is 14.5. The summed E-state index contributed by atoms with van der Waals surface area (Å²) >= 11 is 0. The molecule has 0 amide bonds. The summed E-state index contributed by atoms with van der Waals surface area (Å²) < 4.78 is 129. The predicted octanol–water partition coefficient (Wildman–Crippen LogP) is 10.8. The van der Waals surface area contributed by atoms with E-state index in [2.05, 4.69) is 39.5 Å². The lowest BCUT2D eigenvalue weighted by Gasteiger charge is -2.17. The Morgan fingerprint density at radius 2 is 0.345 bits per heavy atom. The van der Waals surface area contributed by atoms with E-state index in [0.29, 0.717) is 38.5 Å². The van der Waals surface area contributed by atoms with Crippen molar-refractivity contribution < 1.29 is 200 Å². The molecule has 0 saturated carbocycles. The lowest BCUT2D eigenvalue weighted by molar-refractivity contribution is -0.140. The van der Waals surface area contributed by atoms with E-state index >= 15 is 0 Å². The average molecular weight is 2060 g/mol. The van der Waals surface area contributed by atoms with Gasteiger partial charge >= 0.3 is 107 Å². The van der Waals surface area contributed by atoms with Gasteiger partial charge in [0.2, 0.25) is 0 Å². The van der Waals surface area contributed by atoms with E-state index in [1.807, 2.05) is 0 Å². The van der Waals surface area contributed by atoms with Crippen molar-refractivity contribution in [3.05, 3.63) is 255 Å². The van der Waals surface area contributed by atoms with Crippen molar-refractivity contribution in [2.45, 2.75) is 176 Å². The number of rotatable bonds is 52. The third kappa shape index (κ3) is 37.5. The van der Waals surface area contributed by atoms with Crippen LogP contribution in [0.5, 0.6) is 34.5 Å². The van der Waals surface area contributed by atoms with Crippen LogP contribution in [-0.4, -0.2) is 260 Å². The van der Waals surface area contributed by atoms with Crippen LogP contribution in [0.3, 0.4) is 0 Å². The Balaban J connectivity index is 0.000000227. The number of benzene rings is 6. The maximum Gasteiger partial charge on any atom is 0.338 e. The zero-order chi connectivity index (χ0) is 106. The smallest absolute Gasteiger partial charge is 0.338 e. The van der Waals surface area contributed by atoms with Crippen LogP contribution in [0.25, 0.3) is 0 Å². The summed E-state index contributed by atoms with van der Waals surface area (Å²) in [6, 6.07) is 35.0. The zero-order valence-electron chi connectivity index (χ0n) is 80.4. The van der Waals surface area contributed by atoms with Crippen molar-refractivity contribution in [2.75, 3.05) is 79.3 Å². The maximum atomic E-state index is 12.8. The molecular formula is C106H110O42. The second-order valence-electron chi connectivity index (χ2n) is 32.7. The number of fused-ring (bicyclic) bond motifs is 3. The van der Waals surface area contributed by atoms with E-state index in [1.54, 1.807) is 0 Å². The van der Waals surface area contributed by atoms with Gasteiger partial charge in [-0.2, -0.15) is 0 Å². The van der Waals surface area contributed by atoms with Crippen molar-refractivity contribution in [1.82, 2.24) is 0 Å². The summed E-state index contributed by atoms with van der Waals surface area (Å²) in [4.78, 5) is 215. The normalized spacial score (nSPS) is 19.1. The minimum Gasteiger partial charge on any atom is -0.463 e. The molecule has 42 nitrogen and oxygen atoms in total. The van der Waals surface area contributed by atoms with Gasteiger partial charge in [-0.05, 0) is 210 Å². The van der Waals surface area contributed by atoms with Gasteiger partial charge in [-0.1, -0.05) is 39.5 Å². The molecule has 0 bridgehead atoms. The molecule has 0 radical (unpaired) electrons. The van der Waals surface area contributed by atoms with Crippen LogP contribution in [0.4, 0.5) is 0 Å². The lowest BCUT2D eigenvalue weighted by atomic mass is 10.1. The van der Waals surface area contributed by atoms with Gasteiger partial charge in [0.15, 0.2) is 36.6 Å². The summed E-state index contributed by atoms with van der Waals surface area (Å²) in [6.07, 6.45) is 3.30. The van der Waals surface area contributed by atoms with E-state index < -0.39 is 181 Å². The average Bonchev–Trinajstić information content (AvgIpc) is 1.65. The molecule has 6 aliphatic heterocycles. The molecule has 0 aromatic heterocycles. The Morgan fingerprint density at radius 1 is 0.203 bits per heavy atom. The summed E-state index contributed by atoms with van der Waals surface area (Å²) in [5, 5.41) is 0. The van der Waals surface area contributed by atoms with E-state index in [-0.39, 0.29) is 211 Å². The number of ether oxygens (including phenoxy) is 24. The minimum absolute atomic E-state index is 0.0263. The maximum absolute atomic E-state index is 12.8. The van der Waals surface area contributed by atoms with Crippen molar-refractivity contribution >= 4 is 107 Å². The van der Waals surface area contributed by atoms with Crippen LogP contribution < -0.4 is 28.4 Å². The number of carbonyl (C=O) groups excluding carboxylic acids is 18. The molecule has 786 valence electrons. The first-order chi connectivity index (χ1) is 71.5. The Morgan fingerprint density at radius 3 is 0.493 bits per heavy atom. The SMILES string of the molecule is C=CC(=O)OCCCC(=O)Oc1ccc(C(=O)O[C@H]2CO[C@H]3[C@@H]2OC[C@H]3OC(=O)c2ccc(OC(=O)CCCOC(=O)C=C)cc2)cc1.C=CC(=O)OCCCCCC(=O)Oc1ccc(C(=O)O[C@@H]2CO[C@H]3[C@@H]2OC[C@@H]3OC(=O)c2ccc(OC(=O)CCCOC(=O)C=C)cc2)cc1.C=CC(=O)OCCCCCC(=O)Oc1ccc(C(=O)O[C@H]2CO[C@H]3[C@@H]2OC[C@H]3OC(=O)c2ccc(OC(=O)CCCOC(=O)C=C)cc2)cc1. The molecule has 0 N–H and O–H groups in total. The third-order valence-electron chi connectivity index (χ3n) is 22.0. The minimum atomic E-state index is -0.748. The van der Waals surface area contributed by atoms with Crippen LogP contribution in [0.1, 0.15) is 165 Å². The highest BCUT2D eigenvalue weighted by atomic mass is 16.7. The van der Waals surface area contributed by atoms with E-state index in [4.69, 9.17) is 114 Å². The quantitative estimate of drug-likeness (QED) is 0.0112. The van der Waals surface area contributed by atoms with Gasteiger partial charge in [-0.3, -0.25) is 28.8 Å². The number of esters is 18. The number of carbonyl (C=O) groups is 18. The lowest BCUT2D eigenvalue weighted by Crippen LogP contribution is -2.36. The first kappa shape index (κ1) is 114. The second-order valence-corrected chi connectivity index (χ2v) is 32.7. The van der Waals surface area contributed by atoms with Crippen LogP contribution in [0.15, 0.2) is 222 Å². The van der Waals surface area contributed by atoms with Gasteiger partial charge in [-0.15, -0.1) is 0 Å². The largest absolute Gasteiger partial charge is 0.463 e. The molecule has 148 heavy (non-hydrogen) atoms. The van der Waals surface area contributed by atoms with Crippen molar-refractivity contribution in [1.29, 1.82) is 0 Å². The molecule has 42 heteroatoms. The fourth-order valence-corrected chi connectivity index (χ4v) is 14.5. The molecule has 6 fully saturated rings. The molecule has 6 heterocycles. The molecule has 0 spiro atoms. The van der Waals surface area contributed by atoms with Gasteiger partial charge in [0, 0.05) is 75.0 Å². The Labute approximate surface area is 848 Å². The molecule has 12 atom stereocenters. The van der Waals surface area contributed by atoms with Crippen LogP contribution in [0.2, 0.25) is 0 Å². The molecule has 6 saturated heterocycles. The van der Waals surface area contributed by atoms with E-state index in [0.717, 1.165) is 36.5 Å². The van der Waals surface area contributed by atoms with E-state index in [9.17, 15) is 86.3 Å². The first-order valence-corrected chi connectivity index (χ1v) is 47.0. The van der Waals surface area contributed by atoms with Crippen molar-refractivity contribution in [3.63, 3.8) is 0 Å². The summed E-state index contributed by atoms with van der Waals surface area (Å²) in [7, 11) is 0. The number of hydrogen-bond donors (Lipinski definition) is 0. The monoisotopic (exact) mass is 2050 g/mol. The first-order valence-electron chi connectivity index (χ1n) is 47.0. The summed E-state index contributed by atoms with van der Waals surface area (Å²) in [6.45, 7) is 20.8. The highest BCUT2D eigenvalue weighted by Crippen LogP contribution is 2.36. The molecule has 12 rings (SSSR count). The van der Waals surface area contributed by atoms with Crippen LogP contribution in [0, 0.1) is 0 Å². The Bertz CT molecular complexity index is 5310. The van der Waals surface area contributed by atoms with Gasteiger partial charge in [0.1, 0.15) is 71.1 Å². The Kier molecular flexibility index (Phi) is 46.2. The Hall–Kier alpha value is -16.0. The molecule has 6 aromatic rings. The molecule has 6 aliphatic rings. The fraction of sp³-hybridized carbons (Fsp3) is 0.377. The molecule has 0 aliphatic carbocycles. The highest BCUT2D eigenvalue weighted by Gasteiger charge is 2.54. The number of unbranched alkanes of at least 4 members (excludes halogenated alkanes) is 4. The summed E-state index contributed by atoms with van der Waals surface area (Å²) in [5.74, 6) is -8.60. The topological polar surface area (TPSA) is 529 Å². The van der Waals surface area contributed by atoms with Crippen molar-refractivity contribution in [2.24, 2.45) is 0 Å². The van der Waals surface area contributed by atoms with Gasteiger partial charge in [-0.25, -0.2) is 57.5 Å². The molecular weight excluding hydrogens is 1950 g/mol. The van der Waals surface area contributed by atoms with Gasteiger partial charge in [0.25, 0.3) is 0 Å². The predicted molar refractivity (Wildman–Crippen MR) is 507 cm³/mol. The van der Waals surface area contributed by atoms with Crippen molar-refractivity contribution in [3.8, 4) is 34.5 Å². The van der Waals surface area contributed by atoms with Gasteiger partial charge in [0.05, 0.1) is 113 Å². The molecule has 6 aromatic carbocycles. The summed E-state index contributed by atoms with van der Waals surface area (Å²) in [5.41, 5.74) is 1.29. The van der Waals surface area contributed by atoms with Crippen LogP contribution in [-0.2, 0) is 143 Å². The third-order valence-corrected chi connectivity index (χ3v) is 22.0. The van der Waals surface area contributed by atoms with Gasteiger partial charge < -0.3 is 114 Å². The zero-order valence-corrected chi connectivity index (χ0v) is 80.4. The van der Waals surface area contributed by atoms with E-state index in [1.165, 1.54) is 146 Å². The molecule has 0 unspecified atom stereocenters.